The SMILES string of the molecule is CCN(C1(C(=O)NCc2cc(-c3ccc(C(F)(F)F)cc3)nc(N3CCCC3)c2)CC1)S(=O)(=O)CC=Cc1ccc(F)cc1. The minimum absolute atomic E-state index is 0.0969. The number of nitrogens with one attached hydrogen (secondary N) is 1. The molecule has 2 fully saturated rings. The van der Waals surface area contributed by atoms with Gasteiger partial charge in [-0.3, -0.25) is 4.79 Å². The molecule has 1 N–H and O–H groups in total. The van der Waals surface area contributed by atoms with Crippen molar-refractivity contribution in [1.82, 2.24) is 14.6 Å². The van der Waals surface area contributed by atoms with Crippen molar-refractivity contribution in [2.45, 2.75) is 50.9 Å². The van der Waals surface area contributed by atoms with E-state index in [9.17, 15) is 30.8 Å². The highest BCUT2D eigenvalue weighted by Gasteiger charge is 2.57. The van der Waals surface area contributed by atoms with Crippen molar-refractivity contribution >= 4 is 27.8 Å². The zero-order valence-corrected chi connectivity index (χ0v) is 25.1. The van der Waals surface area contributed by atoms with Gasteiger partial charge in [0, 0.05) is 31.7 Å². The zero-order valence-electron chi connectivity index (χ0n) is 24.3. The number of halogens is 4. The molecule has 2 heterocycles. The van der Waals surface area contributed by atoms with Crippen molar-refractivity contribution in [1.29, 1.82) is 0 Å². The molecule has 0 unspecified atom stereocenters. The van der Waals surface area contributed by atoms with E-state index in [2.05, 4.69) is 10.2 Å². The summed E-state index contributed by atoms with van der Waals surface area (Å²) in [5, 5.41) is 2.91. The summed E-state index contributed by atoms with van der Waals surface area (Å²) in [5.41, 5.74) is 0.430. The van der Waals surface area contributed by atoms with Gasteiger partial charge in [0.15, 0.2) is 0 Å². The van der Waals surface area contributed by atoms with Crippen LogP contribution in [0, 0.1) is 5.82 Å². The molecule has 1 aromatic heterocycles. The molecule has 0 radical (unpaired) electrons. The van der Waals surface area contributed by atoms with Crippen molar-refractivity contribution in [2.75, 3.05) is 30.3 Å². The van der Waals surface area contributed by atoms with Gasteiger partial charge < -0.3 is 10.2 Å². The van der Waals surface area contributed by atoms with E-state index >= 15 is 0 Å². The van der Waals surface area contributed by atoms with E-state index in [1.165, 1.54) is 34.6 Å². The summed E-state index contributed by atoms with van der Waals surface area (Å²) in [4.78, 5) is 20.3. The largest absolute Gasteiger partial charge is 0.416 e. The number of pyridine rings is 1. The molecule has 44 heavy (non-hydrogen) atoms. The van der Waals surface area contributed by atoms with E-state index in [0.717, 1.165) is 38.1 Å². The Morgan fingerprint density at radius 2 is 1.70 bits per heavy atom. The van der Waals surface area contributed by atoms with E-state index in [0.29, 0.717) is 41.0 Å². The van der Waals surface area contributed by atoms with Gasteiger partial charge in [0.2, 0.25) is 15.9 Å². The maximum absolute atomic E-state index is 13.5. The van der Waals surface area contributed by atoms with E-state index in [1.54, 1.807) is 31.2 Å². The van der Waals surface area contributed by atoms with Crippen molar-refractivity contribution in [3.05, 3.63) is 89.2 Å². The lowest BCUT2D eigenvalue weighted by Gasteiger charge is -2.29. The van der Waals surface area contributed by atoms with Crippen LogP contribution in [0.2, 0.25) is 0 Å². The highest BCUT2D eigenvalue weighted by atomic mass is 32.2. The molecule has 1 aliphatic carbocycles. The van der Waals surface area contributed by atoms with Crippen LogP contribution in [0.25, 0.3) is 17.3 Å². The average Bonchev–Trinajstić information content (AvgIpc) is 3.59. The summed E-state index contributed by atoms with van der Waals surface area (Å²) in [6.45, 7) is 3.51. The smallest absolute Gasteiger partial charge is 0.357 e. The minimum Gasteiger partial charge on any atom is -0.357 e. The van der Waals surface area contributed by atoms with Crippen LogP contribution >= 0.6 is 0 Å². The predicted molar refractivity (Wildman–Crippen MR) is 162 cm³/mol. The van der Waals surface area contributed by atoms with Gasteiger partial charge >= 0.3 is 6.18 Å². The lowest BCUT2D eigenvalue weighted by molar-refractivity contribution is -0.137. The fourth-order valence-corrected chi connectivity index (χ4v) is 7.26. The summed E-state index contributed by atoms with van der Waals surface area (Å²) in [7, 11) is -3.83. The Morgan fingerprint density at radius 3 is 2.30 bits per heavy atom. The molecule has 1 saturated carbocycles. The molecule has 5 rings (SSSR count). The number of benzene rings is 2. The second-order valence-corrected chi connectivity index (χ2v) is 13.0. The topological polar surface area (TPSA) is 82.6 Å². The van der Waals surface area contributed by atoms with Gasteiger partial charge in [-0.05, 0) is 73.2 Å². The monoisotopic (exact) mass is 630 g/mol. The van der Waals surface area contributed by atoms with Gasteiger partial charge in [0.1, 0.15) is 17.2 Å². The minimum atomic E-state index is -4.45. The fraction of sp³-hybridized carbons (Fsp3) is 0.375. The first-order valence-corrected chi connectivity index (χ1v) is 16.2. The summed E-state index contributed by atoms with van der Waals surface area (Å²) in [6.07, 6.45) is 1.41. The van der Waals surface area contributed by atoms with E-state index in [1.807, 2.05) is 6.07 Å². The Kier molecular flexibility index (Phi) is 9.12. The standard InChI is InChI=1S/C32H34F4N4O3S/c1-2-40(44(42,43)19-5-6-23-7-13-27(33)14-8-23)31(15-16-31)30(41)37-22-24-20-28(38-29(21-24)39-17-3-4-18-39)25-9-11-26(12-10-25)32(34,35)36/h5-14,20-21H,2-4,15-19,22H2,1H3,(H,37,41). The first kappa shape index (κ1) is 31.6. The highest BCUT2D eigenvalue weighted by molar-refractivity contribution is 7.89. The number of hydrogen-bond acceptors (Lipinski definition) is 5. The summed E-state index contributed by atoms with van der Waals surface area (Å²) in [5.74, 6) is -0.423. The first-order valence-electron chi connectivity index (χ1n) is 14.6. The lowest BCUT2D eigenvalue weighted by Crippen LogP contribution is -2.52. The number of carbonyl (C=O) groups excluding carboxylic acids is 1. The first-order chi connectivity index (χ1) is 20.9. The molecular formula is C32H34F4N4O3S. The van der Waals surface area contributed by atoms with E-state index < -0.39 is 33.2 Å². The molecule has 2 aromatic carbocycles. The van der Waals surface area contributed by atoms with Crippen LogP contribution in [0.3, 0.4) is 0 Å². The molecule has 0 atom stereocenters. The Bertz CT molecular complexity index is 1610. The van der Waals surface area contributed by atoms with Gasteiger partial charge in [-0.15, -0.1) is 0 Å². The number of sulfonamides is 1. The van der Waals surface area contributed by atoms with Gasteiger partial charge in [-0.25, -0.2) is 17.8 Å². The molecule has 234 valence electrons. The molecule has 7 nitrogen and oxygen atoms in total. The van der Waals surface area contributed by atoms with Crippen molar-refractivity contribution in [3.8, 4) is 11.3 Å². The third kappa shape index (κ3) is 7.13. The van der Waals surface area contributed by atoms with E-state index in [-0.39, 0.29) is 24.7 Å². The maximum atomic E-state index is 13.5. The zero-order chi connectivity index (χ0) is 31.5. The number of hydrogen-bond donors (Lipinski definition) is 1. The molecule has 0 spiro atoms. The molecule has 12 heteroatoms. The number of rotatable bonds is 11. The Hall–Kier alpha value is -3.77. The molecular weight excluding hydrogens is 596 g/mol. The lowest BCUT2D eigenvalue weighted by atomic mass is 10.1. The average molecular weight is 631 g/mol. The van der Waals surface area contributed by atoms with Crippen LogP contribution in [-0.4, -0.2) is 54.5 Å². The highest BCUT2D eigenvalue weighted by Crippen LogP contribution is 2.44. The second kappa shape index (κ2) is 12.7. The predicted octanol–water partition coefficient (Wildman–Crippen LogP) is 6.02. The summed E-state index contributed by atoms with van der Waals surface area (Å²) >= 11 is 0. The third-order valence-corrected chi connectivity index (χ3v) is 9.89. The van der Waals surface area contributed by atoms with Crippen LogP contribution in [-0.2, 0) is 27.5 Å². The summed E-state index contributed by atoms with van der Waals surface area (Å²) in [6, 6.07) is 14.1. The summed E-state index contributed by atoms with van der Waals surface area (Å²) < 4.78 is 80.4. The normalized spacial score (nSPS) is 16.5. The van der Waals surface area contributed by atoms with Gasteiger partial charge in [-0.1, -0.05) is 43.3 Å². The van der Waals surface area contributed by atoms with E-state index in [4.69, 9.17) is 4.98 Å². The number of likely N-dealkylation sites (N-methyl/N-ethyl adjacent to an activating group) is 1. The van der Waals surface area contributed by atoms with Crippen molar-refractivity contribution in [3.63, 3.8) is 0 Å². The maximum Gasteiger partial charge on any atom is 0.416 e. The Balaban J connectivity index is 1.32. The van der Waals surface area contributed by atoms with Crippen LogP contribution < -0.4 is 10.2 Å². The number of carbonyl (C=O) groups is 1. The van der Waals surface area contributed by atoms with Crippen LogP contribution in [0.1, 0.15) is 49.3 Å². The molecule has 1 amide bonds. The molecule has 2 aliphatic rings. The van der Waals surface area contributed by atoms with Gasteiger partial charge in [-0.2, -0.15) is 17.5 Å². The van der Waals surface area contributed by atoms with Crippen LogP contribution in [0.5, 0.6) is 0 Å². The Morgan fingerprint density at radius 1 is 1.05 bits per heavy atom. The second-order valence-electron chi connectivity index (χ2n) is 11.1. The third-order valence-electron chi connectivity index (χ3n) is 8.00. The number of aromatic nitrogens is 1. The van der Waals surface area contributed by atoms with Crippen molar-refractivity contribution in [2.24, 2.45) is 0 Å². The van der Waals surface area contributed by atoms with Crippen LogP contribution in [0.4, 0.5) is 23.4 Å². The fourth-order valence-electron chi connectivity index (χ4n) is 5.55. The number of anilines is 1. The molecule has 0 bridgehead atoms. The molecule has 1 saturated heterocycles. The number of amides is 1. The molecule has 1 aliphatic heterocycles. The van der Waals surface area contributed by atoms with Gasteiger partial charge in [0.05, 0.1) is 17.0 Å². The van der Waals surface area contributed by atoms with Gasteiger partial charge in [0.25, 0.3) is 0 Å². The number of alkyl halides is 3. The molecule has 3 aromatic rings. The quantitative estimate of drug-likeness (QED) is 0.262. The van der Waals surface area contributed by atoms with Crippen LogP contribution in [0.15, 0.2) is 66.7 Å². The van der Waals surface area contributed by atoms with Crippen molar-refractivity contribution < 1.29 is 30.8 Å². The number of nitrogens with zero attached hydrogens (tertiary/aromatic N) is 3. The Labute approximate surface area is 254 Å².